The standard InChI is InChI=1S/C21H30N2O3/c1-20(2)7-5-13(6-8-20)12-22-18(25)15-9-14-16(23-19(15)26)10-21(3,4)11-17(14)24/h9,13H,5-8,10-12H2,1-4H3,(H,22,25)(H,23,26). The lowest BCUT2D eigenvalue weighted by atomic mass is 9.73. The fraction of sp³-hybridized carbons (Fsp3) is 0.667. The molecule has 0 bridgehead atoms. The monoisotopic (exact) mass is 358 g/mol. The lowest BCUT2D eigenvalue weighted by molar-refractivity contribution is 0.0910. The summed E-state index contributed by atoms with van der Waals surface area (Å²) in [4.78, 5) is 40.0. The summed E-state index contributed by atoms with van der Waals surface area (Å²) in [5, 5.41) is 2.90. The third-order valence-corrected chi connectivity index (χ3v) is 5.97. The first-order chi connectivity index (χ1) is 12.1. The molecule has 0 radical (unpaired) electrons. The van der Waals surface area contributed by atoms with Crippen LogP contribution in [-0.2, 0) is 6.42 Å². The van der Waals surface area contributed by atoms with Crippen LogP contribution < -0.4 is 10.9 Å². The first kappa shape index (κ1) is 18.9. The highest BCUT2D eigenvalue weighted by Gasteiger charge is 2.33. The molecule has 0 spiro atoms. The minimum atomic E-state index is -0.406. The largest absolute Gasteiger partial charge is 0.352 e. The van der Waals surface area contributed by atoms with E-state index in [9.17, 15) is 14.4 Å². The number of amides is 1. The molecule has 0 aromatic carbocycles. The minimum Gasteiger partial charge on any atom is -0.352 e. The molecule has 1 saturated carbocycles. The van der Waals surface area contributed by atoms with Gasteiger partial charge in [-0.15, -0.1) is 0 Å². The molecular weight excluding hydrogens is 328 g/mol. The van der Waals surface area contributed by atoms with Crippen LogP contribution in [0.25, 0.3) is 0 Å². The van der Waals surface area contributed by atoms with Crippen LogP contribution in [0.15, 0.2) is 10.9 Å². The van der Waals surface area contributed by atoms with Crippen LogP contribution in [0.4, 0.5) is 0 Å². The lowest BCUT2D eigenvalue weighted by Crippen LogP contribution is -2.37. The summed E-state index contributed by atoms with van der Waals surface area (Å²) in [7, 11) is 0. The van der Waals surface area contributed by atoms with Gasteiger partial charge in [0, 0.05) is 24.2 Å². The van der Waals surface area contributed by atoms with Gasteiger partial charge in [0.2, 0.25) is 0 Å². The summed E-state index contributed by atoms with van der Waals surface area (Å²) in [5.74, 6) is 0.0821. The van der Waals surface area contributed by atoms with E-state index in [-0.39, 0.29) is 22.7 Å². The zero-order chi connectivity index (χ0) is 19.1. The smallest absolute Gasteiger partial charge is 0.261 e. The molecule has 0 saturated heterocycles. The van der Waals surface area contributed by atoms with Crippen molar-refractivity contribution in [3.05, 3.63) is 33.2 Å². The molecule has 0 unspecified atom stereocenters. The Kier molecular flexibility index (Phi) is 4.84. The number of H-pyrrole nitrogens is 1. The first-order valence-corrected chi connectivity index (χ1v) is 9.64. The SMILES string of the molecule is CC1(C)CCC(CNC(=O)c2cc3c([nH]c2=O)CC(C)(C)CC3=O)CC1. The number of carbonyl (C=O) groups is 2. The number of aromatic nitrogens is 1. The molecule has 5 nitrogen and oxygen atoms in total. The van der Waals surface area contributed by atoms with Crippen LogP contribution in [0.3, 0.4) is 0 Å². The first-order valence-electron chi connectivity index (χ1n) is 9.64. The molecular formula is C21H30N2O3. The molecule has 5 heteroatoms. The van der Waals surface area contributed by atoms with Crippen LogP contribution in [0, 0.1) is 16.7 Å². The van der Waals surface area contributed by atoms with Crippen molar-refractivity contribution in [1.82, 2.24) is 10.3 Å². The number of ketones is 1. The Morgan fingerprint density at radius 3 is 2.42 bits per heavy atom. The second kappa shape index (κ2) is 6.67. The zero-order valence-electron chi connectivity index (χ0n) is 16.3. The van der Waals surface area contributed by atoms with Crippen molar-refractivity contribution in [2.45, 2.75) is 66.2 Å². The van der Waals surface area contributed by atoms with E-state index < -0.39 is 5.56 Å². The summed E-state index contributed by atoms with van der Waals surface area (Å²) in [6.07, 6.45) is 5.60. The molecule has 1 fully saturated rings. The van der Waals surface area contributed by atoms with Crippen molar-refractivity contribution < 1.29 is 9.59 Å². The van der Waals surface area contributed by atoms with Gasteiger partial charge < -0.3 is 10.3 Å². The number of nitrogens with one attached hydrogen (secondary N) is 2. The van der Waals surface area contributed by atoms with Crippen molar-refractivity contribution >= 4 is 11.7 Å². The number of hydrogen-bond acceptors (Lipinski definition) is 3. The number of rotatable bonds is 3. The summed E-state index contributed by atoms with van der Waals surface area (Å²) < 4.78 is 0. The summed E-state index contributed by atoms with van der Waals surface area (Å²) >= 11 is 0. The number of aromatic amines is 1. The van der Waals surface area contributed by atoms with E-state index in [2.05, 4.69) is 24.1 Å². The summed E-state index contributed by atoms with van der Waals surface area (Å²) in [6, 6.07) is 1.49. The Hall–Kier alpha value is -1.91. The molecule has 26 heavy (non-hydrogen) atoms. The van der Waals surface area contributed by atoms with Crippen molar-refractivity contribution in [3.63, 3.8) is 0 Å². The van der Waals surface area contributed by atoms with Gasteiger partial charge in [-0.25, -0.2) is 0 Å². The van der Waals surface area contributed by atoms with E-state index in [1.165, 1.54) is 6.07 Å². The number of fused-ring (bicyclic) bond motifs is 1. The Labute approximate surface area is 155 Å². The highest BCUT2D eigenvalue weighted by atomic mass is 16.2. The molecule has 1 heterocycles. The second-order valence-electron chi connectivity index (χ2n) is 9.66. The zero-order valence-corrected chi connectivity index (χ0v) is 16.3. The molecule has 3 rings (SSSR count). The Balaban J connectivity index is 1.70. The maximum atomic E-state index is 12.5. The molecule has 0 aliphatic heterocycles. The predicted molar refractivity (Wildman–Crippen MR) is 102 cm³/mol. The van der Waals surface area contributed by atoms with Gasteiger partial charge in [0.15, 0.2) is 5.78 Å². The predicted octanol–water partition coefficient (Wildman–Crippen LogP) is 3.48. The van der Waals surface area contributed by atoms with Gasteiger partial charge in [-0.2, -0.15) is 0 Å². The van der Waals surface area contributed by atoms with Crippen LogP contribution in [0.1, 0.15) is 86.2 Å². The highest BCUT2D eigenvalue weighted by molar-refractivity contribution is 6.02. The fourth-order valence-electron chi connectivity index (χ4n) is 4.19. The van der Waals surface area contributed by atoms with Gasteiger partial charge in [0.05, 0.1) is 0 Å². The number of carbonyl (C=O) groups excluding carboxylic acids is 2. The molecule has 142 valence electrons. The normalized spacial score (nSPS) is 21.9. The average Bonchev–Trinajstić information content (AvgIpc) is 2.51. The van der Waals surface area contributed by atoms with Gasteiger partial charge in [-0.3, -0.25) is 14.4 Å². The van der Waals surface area contributed by atoms with Crippen LogP contribution >= 0.6 is 0 Å². The van der Waals surface area contributed by atoms with Crippen LogP contribution in [0.5, 0.6) is 0 Å². The van der Waals surface area contributed by atoms with E-state index in [1.54, 1.807) is 0 Å². The average molecular weight is 358 g/mol. The molecule has 1 amide bonds. The molecule has 2 N–H and O–H groups in total. The van der Waals surface area contributed by atoms with Crippen molar-refractivity contribution in [2.24, 2.45) is 16.7 Å². The van der Waals surface area contributed by atoms with Gasteiger partial charge in [-0.1, -0.05) is 27.7 Å². The number of pyridine rings is 1. The number of Topliss-reactive ketones (excluding diaryl/α,β-unsaturated/α-hetero) is 1. The van der Waals surface area contributed by atoms with Gasteiger partial charge in [-0.05, 0) is 54.9 Å². The maximum Gasteiger partial charge on any atom is 0.261 e. The van der Waals surface area contributed by atoms with E-state index in [0.717, 1.165) is 25.7 Å². The topological polar surface area (TPSA) is 79.0 Å². The summed E-state index contributed by atoms with van der Waals surface area (Å²) in [6.45, 7) is 9.18. The molecule has 2 aliphatic rings. The van der Waals surface area contributed by atoms with Crippen molar-refractivity contribution in [2.75, 3.05) is 6.54 Å². The second-order valence-corrected chi connectivity index (χ2v) is 9.66. The van der Waals surface area contributed by atoms with Gasteiger partial charge in [0.25, 0.3) is 11.5 Å². The van der Waals surface area contributed by atoms with Crippen molar-refractivity contribution in [3.8, 4) is 0 Å². The lowest BCUT2D eigenvalue weighted by Gasteiger charge is -2.34. The van der Waals surface area contributed by atoms with E-state index in [4.69, 9.17) is 0 Å². The fourth-order valence-corrected chi connectivity index (χ4v) is 4.19. The van der Waals surface area contributed by atoms with Gasteiger partial charge >= 0.3 is 0 Å². The molecule has 0 atom stereocenters. The van der Waals surface area contributed by atoms with Crippen molar-refractivity contribution in [1.29, 1.82) is 0 Å². The van der Waals surface area contributed by atoms with E-state index >= 15 is 0 Å². The third-order valence-electron chi connectivity index (χ3n) is 5.97. The third kappa shape index (κ3) is 4.08. The number of hydrogen-bond donors (Lipinski definition) is 2. The minimum absolute atomic E-state index is 0.00365. The molecule has 2 aliphatic carbocycles. The van der Waals surface area contributed by atoms with Gasteiger partial charge in [0.1, 0.15) is 5.56 Å². The molecule has 1 aromatic heterocycles. The van der Waals surface area contributed by atoms with E-state index in [1.807, 2.05) is 13.8 Å². The van der Waals surface area contributed by atoms with Crippen LogP contribution in [0.2, 0.25) is 0 Å². The Morgan fingerprint density at radius 1 is 1.12 bits per heavy atom. The quantitative estimate of drug-likeness (QED) is 0.868. The Morgan fingerprint density at radius 2 is 1.77 bits per heavy atom. The maximum absolute atomic E-state index is 12.5. The molecule has 1 aromatic rings. The Bertz CT molecular complexity index is 779. The summed E-state index contributed by atoms with van der Waals surface area (Å²) in [5.41, 5.74) is 1.02. The highest BCUT2D eigenvalue weighted by Crippen LogP contribution is 2.37. The van der Waals surface area contributed by atoms with Crippen LogP contribution in [-0.4, -0.2) is 23.2 Å². The van der Waals surface area contributed by atoms with E-state index in [0.29, 0.717) is 42.0 Å².